The number of fused-ring (bicyclic) bond motifs is 1. The molecule has 0 radical (unpaired) electrons. The summed E-state index contributed by atoms with van der Waals surface area (Å²) in [6.07, 6.45) is 2.53. The fourth-order valence-corrected chi connectivity index (χ4v) is 3.17. The van der Waals surface area contributed by atoms with Crippen molar-refractivity contribution in [3.63, 3.8) is 0 Å². The topological polar surface area (TPSA) is 30.5 Å². The zero-order valence-electron chi connectivity index (χ0n) is 7.91. The summed E-state index contributed by atoms with van der Waals surface area (Å²) in [5.41, 5.74) is 0. The van der Waals surface area contributed by atoms with E-state index in [0.29, 0.717) is 12.7 Å². The van der Waals surface area contributed by atoms with Gasteiger partial charge in [0, 0.05) is 17.8 Å². The van der Waals surface area contributed by atoms with E-state index in [0.717, 1.165) is 24.6 Å². The second kappa shape index (κ2) is 3.44. The minimum Gasteiger partial charge on any atom is -0.453 e. The second-order valence-electron chi connectivity index (χ2n) is 3.74. The summed E-state index contributed by atoms with van der Waals surface area (Å²) in [6.45, 7) is 2.63. The Labute approximate surface area is 87.0 Å². The van der Waals surface area contributed by atoms with Gasteiger partial charge in [0.2, 0.25) is 6.79 Å². The molecule has 2 aliphatic heterocycles. The van der Waals surface area contributed by atoms with Crippen LogP contribution < -0.4 is 14.8 Å². The molecule has 14 heavy (non-hydrogen) atoms. The van der Waals surface area contributed by atoms with E-state index in [2.05, 4.69) is 10.7 Å². The van der Waals surface area contributed by atoms with E-state index in [9.17, 15) is 0 Å². The predicted molar refractivity (Wildman–Crippen MR) is 55.3 cm³/mol. The van der Waals surface area contributed by atoms with Gasteiger partial charge in [-0.2, -0.15) is 0 Å². The van der Waals surface area contributed by atoms with Crippen molar-refractivity contribution in [2.75, 3.05) is 19.9 Å². The van der Waals surface area contributed by atoms with Crippen LogP contribution in [0.3, 0.4) is 0 Å². The van der Waals surface area contributed by atoms with Gasteiger partial charge in [0.1, 0.15) is 0 Å². The van der Waals surface area contributed by atoms with Gasteiger partial charge in [-0.25, -0.2) is 0 Å². The Kier molecular flexibility index (Phi) is 2.10. The van der Waals surface area contributed by atoms with Gasteiger partial charge in [-0.3, -0.25) is 0 Å². The minimum absolute atomic E-state index is 0.394. The van der Waals surface area contributed by atoms with Crippen molar-refractivity contribution in [3.8, 4) is 11.5 Å². The molecule has 76 valence electrons. The standard InChI is InChI=1S/C10H13NO2S/c1-2-7(4-11-3-1)10-9-8(5-14-10)12-6-13-9/h5,7,11H,1-4,6H2. The molecule has 0 amide bonds. The molecule has 1 aromatic heterocycles. The SMILES string of the molecule is c1sc(C2CCCNC2)c2c1OCO2. The molecule has 4 heteroatoms. The van der Waals surface area contributed by atoms with Gasteiger partial charge >= 0.3 is 0 Å². The molecule has 0 saturated carbocycles. The highest BCUT2D eigenvalue weighted by molar-refractivity contribution is 7.10. The van der Waals surface area contributed by atoms with E-state index in [1.54, 1.807) is 11.3 Å². The molecule has 1 saturated heterocycles. The number of nitrogens with one attached hydrogen (secondary N) is 1. The van der Waals surface area contributed by atoms with Crippen LogP contribution in [-0.2, 0) is 0 Å². The lowest BCUT2D eigenvalue weighted by molar-refractivity contribution is 0.172. The highest BCUT2D eigenvalue weighted by Crippen LogP contribution is 2.45. The van der Waals surface area contributed by atoms with Crippen molar-refractivity contribution in [3.05, 3.63) is 10.3 Å². The third-order valence-corrected chi connectivity index (χ3v) is 3.93. The fourth-order valence-electron chi connectivity index (χ4n) is 2.10. The first-order valence-electron chi connectivity index (χ1n) is 5.03. The molecule has 2 aliphatic rings. The molecule has 0 bridgehead atoms. The van der Waals surface area contributed by atoms with Crippen LogP contribution in [-0.4, -0.2) is 19.9 Å². The summed E-state index contributed by atoms with van der Waals surface area (Å²) in [6, 6.07) is 0. The molecule has 1 fully saturated rings. The molecule has 1 unspecified atom stereocenters. The average Bonchev–Trinajstić information content (AvgIpc) is 2.79. The molecular weight excluding hydrogens is 198 g/mol. The van der Waals surface area contributed by atoms with Gasteiger partial charge in [0.15, 0.2) is 11.5 Å². The lowest BCUT2D eigenvalue weighted by Gasteiger charge is -2.21. The molecule has 0 aromatic carbocycles. The summed E-state index contributed by atoms with van der Waals surface area (Å²) < 4.78 is 10.8. The van der Waals surface area contributed by atoms with Crippen molar-refractivity contribution in [2.45, 2.75) is 18.8 Å². The van der Waals surface area contributed by atoms with Crippen LogP contribution in [0.15, 0.2) is 5.38 Å². The summed E-state index contributed by atoms with van der Waals surface area (Å²) in [5, 5.41) is 5.49. The van der Waals surface area contributed by atoms with Crippen LogP contribution in [0.4, 0.5) is 0 Å². The highest BCUT2D eigenvalue weighted by atomic mass is 32.1. The van der Waals surface area contributed by atoms with Gasteiger partial charge in [0.25, 0.3) is 0 Å². The minimum atomic E-state index is 0.394. The highest BCUT2D eigenvalue weighted by Gasteiger charge is 2.26. The number of piperidine rings is 1. The average molecular weight is 211 g/mol. The first-order chi connectivity index (χ1) is 6.95. The van der Waals surface area contributed by atoms with Crippen molar-refractivity contribution < 1.29 is 9.47 Å². The molecule has 3 nitrogen and oxygen atoms in total. The van der Waals surface area contributed by atoms with Crippen LogP contribution in [0, 0.1) is 0 Å². The van der Waals surface area contributed by atoms with Crippen molar-refractivity contribution in [1.29, 1.82) is 0 Å². The number of hydrogen-bond donors (Lipinski definition) is 1. The largest absolute Gasteiger partial charge is 0.453 e. The number of hydrogen-bond acceptors (Lipinski definition) is 4. The lowest BCUT2D eigenvalue weighted by atomic mass is 9.97. The first kappa shape index (κ1) is 8.56. The molecule has 0 spiro atoms. The van der Waals surface area contributed by atoms with Gasteiger partial charge in [-0.05, 0) is 19.4 Å². The Balaban J connectivity index is 1.88. The van der Waals surface area contributed by atoms with Gasteiger partial charge < -0.3 is 14.8 Å². The van der Waals surface area contributed by atoms with Gasteiger partial charge in [0.05, 0.1) is 4.88 Å². The van der Waals surface area contributed by atoms with E-state index in [1.807, 2.05) is 0 Å². The predicted octanol–water partition coefficient (Wildman–Crippen LogP) is 1.94. The second-order valence-corrected chi connectivity index (χ2v) is 4.65. The number of rotatable bonds is 1. The van der Waals surface area contributed by atoms with Crippen LogP contribution in [0.2, 0.25) is 0 Å². The normalized spacial score (nSPS) is 25.3. The Morgan fingerprint density at radius 1 is 1.43 bits per heavy atom. The number of thiophene rings is 1. The first-order valence-corrected chi connectivity index (χ1v) is 5.91. The molecule has 1 atom stereocenters. The van der Waals surface area contributed by atoms with Gasteiger partial charge in [-0.15, -0.1) is 11.3 Å². The maximum absolute atomic E-state index is 5.48. The Bertz CT molecular complexity index is 331. The van der Waals surface area contributed by atoms with E-state index >= 15 is 0 Å². The Morgan fingerprint density at radius 3 is 3.29 bits per heavy atom. The van der Waals surface area contributed by atoms with Gasteiger partial charge in [-0.1, -0.05) is 0 Å². The van der Waals surface area contributed by atoms with Crippen molar-refractivity contribution >= 4 is 11.3 Å². The van der Waals surface area contributed by atoms with Crippen molar-refractivity contribution in [2.24, 2.45) is 0 Å². The molecule has 3 rings (SSSR count). The summed E-state index contributed by atoms with van der Waals surface area (Å²) >= 11 is 1.77. The third-order valence-electron chi connectivity index (χ3n) is 2.83. The molecule has 1 aromatic rings. The van der Waals surface area contributed by atoms with E-state index in [-0.39, 0.29) is 0 Å². The van der Waals surface area contributed by atoms with Crippen LogP contribution in [0.5, 0.6) is 11.5 Å². The summed E-state index contributed by atoms with van der Waals surface area (Å²) in [4.78, 5) is 1.37. The molecule has 3 heterocycles. The Morgan fingerprint density at radius 2 is 2.43 bits per heavy atom. The van der Waals surface area contributed by atoms with E-state index in [1.165, 1.54) is 17.7 Å². The van der Waals surface area contributed by atoms with Crippen LogP contribution in [0.1, 0.15) is 23.6 Å². The van der Waals surface area contributed by atoms with E-state index < -0.39 is 0 Å². The van der Waals surface area contributed by atoms with Crippen LogP contribution >= 0.6 is 11.3 Å². The van der Waals surface area contributed by atoms with E-state index in [4.69, 9.17) is 9.47 Å². The monoisotopic (exact) mass is 211 g/mol. The third kappa shape index (κ3) is 1.29. The quantitative estimate of drug-likeness (QED) is 0.770. The molecular formula is C10H13NO2S. The fraction of sp³-hybridized carbons (Fsp3) is 0.600. The lowest BCUT2D eigenvalue weighted by Crippen LogP contribution is -2.28. The van der Waals surface area contributed by atoms with Crippen LogP contribution in [0.25, 0.3) is 0 Å². The smallest absolute Gasteiger partial charge is 0.231 e. The summed E-state index contributed by atoms with van der Waals surface area (Å²) in [7, 11) is 0. The number of ether oxygens (including phenoxy) is 2. The molecule has 0 aliphatic carbocycles. The maximum Gasteiger partial charge on any atom is 0.231 e. The van der Waals surface area contributed by atoms with Crippen molar-refractivity contribution in [1.82, 2.24) is 5.32 Å². The Hall–Kier alpha value is -0.740. The summed E-state index contributed by atoms with van der Waals surface area (Å²) in [5.74, 6) is 2.57. The maximum atomic E-state index is 5.48. The zero-order chi connectivity index (χ0) is 9.38. The molecule has 1 N–H and O–H groups in total. The zero-order valence-corrected chi connectivity index (χ0v) is 8.73.